The van der Waals surface area contributed by atoms with Crippen molar-refractivity contribution in [3.63, 3.8) is 0 Å². The van der Waals surface area contributed by atoms with Gasteiger partial charge in [-0.15, -0.1) is 5.10 Å². The van der Waals surface area contributed by atoms with Crippen molar-refractivity contribution in [1.29, 1.82) is 0 Å². The zero-order chi connectivity index (χ0) is 21.1. The van der Waals surface area contributed by atoms with Gasteiger partial charge in [0.15, 0.2) is 0 Å². The van der Waals surface area contributed by atoms with Crippen LogP contribution >= 0.6 is 0 Å². The summed E-state index contributed by atoms with van der Waals surface area (Å²) in [5, 5.41) is 14.6. The van der Waals surface area contributed by atoms with E-state index in [1.165, 1.54) is 6.20 Å². The van der Waals surface area contributed by atoms with Gasteiger partial charge in [-0.3, -0.25) is 4.79 Å². The Bertz CT molecular complexity index is 1050. The van der Waals surface area contributed by atoms with E-state index < -0.39 is 5.91 Å². The number of amides is 1. The average molecular weight is 407 g/mol. The van der Waals surface area contributed by atoms with Crippen molar-refractivity contribution in [2.75, 3.05) is 10.6 Å². The predicted molar refractivity (Wildman–Crippen MR) is 114 cm³/mol. The lowest BCUT2D eigenvalue weighted by atomic mass is 9.91. The highest BCUT2D eigenvalue weighted by Crippen LogP contribution is 2.24. The van der Waals surface area contributed by atoms with E-state index in [1.54, 1.807) is 4.68 Å². The summed E-state index contributed by atoms with van der Waals surface area (Å²) in [5.74, 6) is 0.130. The molecule has 10 nitrogen and oxygen atoms in total. The summed E-state index contributed by atoms with van der Waals surface area (Å²) >= 11 is 0. The van der Waals surface area contributed by atoms with Crippen molar-refractivity contribution >= 4 is 23.4 Å². The van der Waals surface area contributed by atoms with E-state index in [9.17, 15) is 4.79 Å². The van der Waals surface area contributed by atoms with Crippen LogP contribution in [0.4, 0.5) is 17.5 Å². The maximum absolute atomic E-state index is 11.9. The Hall–Kier alpha value is -3.53. The Kier molecular flexibility index (Phi) is 5.57. The molecule has 10 heteroatoms. The first kappa shape index (κ1) is 19.8. The number of hydrogen-bond donors (Lipinski definition) is 4. The Labute approximate surface area is 174 Å². The lowest BCUT2D eigenvalue weighted by Crippen LogP contribution is -2.43. The van der Waals surface area contributed by atoms with Gasteiger partial charge in [0.2, 0.25) is 5.95 Å². The molecule has 1 amide bonds. The van der Waals surface area contributed by atoms with Gasteiger partial charge in [-0.25, -0.2) is 9.67 Å². The van der Waals surface area contributed by atoms with Crippen LogP contribution in [0.25, 0.3) is 5.69 Å². The van der Waals surface area contributed by atoms with E-state index in [-0.39, 0.29) is 17.6 Å². The predicted octanol–water partition coefficient (Wildman–Crippen LogP) is 1.89. The number of anilines is 3. The summed E-state index contributed by atoms with van der Waals surface area (Å²) in [6, 6.07) is 7.68. The fourth-order valence-electron chi connectivity index (χ4n) is 3.57. The minimum absolute atomic E-state index is 0.0531. The van der Waals surface area contributed by atoms with Crippen LogP contribution in [0, 0.1) is 6.92 Å². The quantitative estimate of drug-likeness (QED) is 0.484. The number of nitrogens with zero attached hydrogens (tertiary/aromatic N) is 5. The topological polar surface area (TPSA) is 150 Å². The summed E-state index contributed by atoms with van der Waals surface area (Å²) < 4.78 is 1.67. The molecule has 0 saturated heterocycles. The summed E-state index contributed by atoms with van der Waals surface area (Å²) in [5.41, 5.74) is 14.3. The molecule has 1 aliphatic carbocycles. The van der Waals surface area contributed by atoms with Crippen molar-refractivity contribution in [3.8, 4) is 5.69 Å². The molecule has 6 N–H and O–H groups in total. The van der Waals surface area contributed by atoms with E-state index in [4.69, 9.17) is 11.5 Å². The number of carbonyl (C=O) groups is 1. The highest BCUT2D eigenvalue weighted by molar-refractivity contribution is 5.98. The number of nitrogens with one attached hydrogen (secondary N) is 2. The molecule has 2 aromatic heterocycles. The van der Waals surface area contributed by atoms with Crippen molar-refractivity contribution in [2.24, 2.45) is 11.5 Å². The summed E-state index contributed by atoms with van der Waals surface area (Å²) in [6.45, 7) is 1.87. The SMILES string of the molecule is Cc1cn(-c2cccc(Nc3nc(N[C@@H]4CCCC[C@@H]4N)ncc3C(N)=O)c2)nn1. The van der Waals surface area contributed by atoms with E-state index >= 15 is 0 Å². The molecule has 0 spiro atoms. The molecule has 3 aromatic rings. The number of primary amides is 1. The zero-order valence-electron chi connectivity index (χ0n) is 16.7. The fourth-order valence-corrected chi connectivity index (χ4v) is 3.57. The van der Waals surface area contributed by atoms with Crippen molar-refractivity contribution < 1.29 is 4.79 Å². The molecule has 30 heavy (non-hydrogen) atoms. The molecule has 4 rings (SSSR count). The molecule has 2 atom stereocenters. The molecular weight excluding hydrogens is 382 g/mol. The Morgan fingerprint density at radius 2 is 2.10 bits per heavy atom. The minimum atomic E-state index is -0.610. The van der Waals surface area contributed by atoms with Crippen LogP contribution in [0.15, 0.2) is 36.7 Å². The summed E-state index contributed by atoms with van der Waals surface area (Å²) in [7, 11) is 0. The molecule has 1 fully saturated rings. The van der Waals surface area contributed by atoms with Gasteiger partial charge in [0, 0.05) is 24.0 Å². The van der Waals surface area contributed by atoms with Crippen LogP contribution in [-0.2, 0) is 0 Å². The maximum atomic E-state index is 11.9. The van der Waals surface area contributed by atoms with Gasteiger partial charge in [-0.1, -0.05) is 24.1 Å². The van der Waals surface area contributed by atoms with E-state index in [1.807, 2.05) is 37.4 Å². The number of hydrogen-bond acceptors (Lipinski definition) is 8. The van der Waals surface area contributed by atoms with Gasteiger partial charge in [0.25, 0.3) is 5.91 Å². The van der Waals surface area contributed by atoms with E-state index in [2.05, 4.69) is 30.9 Å². The molecule has 2 heterocycles. The van der Waals surface area contributed by atoms with Crippen LogP contribution in [0.1, 0.15) is 41.7 Å². The third-order valence-electron chi connectivity index (χ3n) is 5.17. The van der Waals surface area contributed by atoms with Crippen molar-refractivity contribution in [2.45, 2.75) is 44.7 Å². The largest absolute Gasteiger partial charge is 0.365 e. The van der Waals surface area contributed by atoms with Crippen molar-refractivity contribution in [3.05, 3.63) is 47.9 Å². The Morgan fingerprint density at radius 1 is 1.27 bits per heavy atom. The molecule has 156 valence electrons. The van der Waals surface area contributed by atoms with Gasteiger partial charge in [-0.2, -0.15) is 4.98 Å². The maximum Gasteiger partial charge on any atom is 0.254 e. The highest BCUT2D eigenvalue weighted by Gasteiger charge is 2.23. The summed E-state index contributed by atoms with van der Waals surface area (Å²) in [4.78, 5) is 20.7. The number of aromatic nitrogens is 5. The third kappa shape index (κ3) is 4.38. The monoisotopic (exact) mass is 407 g/mol. The normalized spacial score (nSPS) is 18.7. The molecular formula is C20H25N9O. The van der Waals surface area contributed by atoms with Gasteiger partial charge >= 0.3 is 0 Å². The fraction of sp³-hybridized carbons (Fsp3) is 0.350. The van der Waals surface area contributed by atoms with Gasteiger partial charge in [0.05, 0.1) is 17.6 Å². The smallest absolute Gasteiger partial charge is 0.254 e. The van der Waals surface area contributed by atoms with E-state index in [0.717, 1.165) is 42.8 Å². The number of benzene rings is 1. The zero-order valence-corrected chi connectivity index (χ0v) is 16.7. The summed E-state index contributed by atoms with van der Waals surface area (Å²) in [6.07, 6.45) is 7.44. The van der Waals surface area contributed by atoms with Gasteiger partial charge < -0.3 is 22.1 Å². The second-order valence-electron chi connectivity index (χ2n) is 7.50. The van der Waals surface area contributed by atoms with Crippen LogP contribution in [-0.4, -0.2) is 43.0 Å². The lowest BCUT2D eigenvalue weighted by molar-refractivity contribution is 0.100. The van der Waals surface area contributed by atoms with Crippen LogP contribution < -0.4 is 22.1 Å². The molecule has 1 aliphatic rings. The first-order valence-electron chi connectivity index (χ1n) is 9.95. The molecule has 0 radical (unpaired) electrons. The van der Waals surface area contributed by atoms with Gasteiger partial charge in [0.1, 0.15) is 11.4 Å². The second-order valence-corrected chi connectivity index (χ2v) is 7.50. The van der Waals surface area contributed by atoms with Crippen molar-refractivity contribution in [1.82, 2.24) is 25.0 Å². The molecule has 1 saturated carbocycles. The molecule has 0 bridgehead atoms. The van der Waals surface area contributed by atoms with Crippen LogP contribution in [0.2, 0.25) is 0 Å². The van der Waals surface area contributed by atoms with Crippen LogP contribution in [0.3, 0.4) is 0 Å². The number of nitrogens with two attached hydrogens (primary N) is 2. The molecule has 0 unspecified atom stereocenters. The standard InChI is InChI=1S/C20H25N9O/c1-12-11-29(28-27-12)14-6-4-5-13(9-14)24-19-15(18(22)30)10-23-20(26-19)25-17-8-3-2-7-16(17)21/h4-6,9-11,16-17H,2-3,7-8,21H2,1H3,(H2,22,30)(H2,23,24,25,26)/t16-,17+/m0/s1. The average Bonchev–Trinajstić information content (AvgIpc) is 3.16. The Morgan fingerprint density at radius 3 is 2.83 bits per heavy atom. The highest BCUT2D eigenvalue weighted by atomic mass is 16.1. The number of carbonyl (C=O) groups excluding carboxylic acids is 1. The molecule has 1 aromatic carbocycles. The number of aryl methyl sites for hydroxylation is 1. The minimum Gasteiger partial charge on any atom is -0.365 e. The van der Waals surface area contributed by atoms with Crippen LogP contribution in [0.5, 0.6) is 0 Å². The van der Waals surface area contributed by atoms with Gasteiger partial charge in [-0.05, 0) is 38.0 Å². The first-order valence-corrected chi connectivity index (χ1v) is 9.95. The first-order chi connectivity index (χ1) is 14.5. The lowest BCUT2D eigenvalue weighted by Gasteiger charge is -2.29. The molecule has 0 aliphatic heterocycles. The Balaban J connectivity index is 1.60. The second kappa shape index (κ2) is 8.46. The van der Waals surface area contributed by atoms with E-state index in [0.29, 0.717) is 11.8 Å². The third-order valence-corrected chi connectivity index (χ3v) is 5.17. The number of rotatable bonds is 6.